The molecule has 0 aliphatic rings. The summed E-state index contributed by atoms with van der Waals surface area (Å²) in [6, 6.07) is 15.8. The van der Waals surface area contributed by atoms with E-state index in [0.29, 0.717) is 13.2 Å². The number of alkyl halides is 1. The molecular weight excluding hydrogens is 372 g/mol. The minimum absolute atomic E-state index is 0.521. The van der Waals surface area contributed by atoms with Gasteiger partial charge in [-0.25, -0.2) is 0 Å². The SMILES string of the molecule is BrCc1ccccc1OCCOc1cccc(Br)c1. The molecule has 0 bridgehead atoms. The summed E-state index contributed by atoms with van der Waals surface area (Å²) in [4.78, 5) is 0. The van der Waals surface area contributed by atoms with Crippen LogP contribution in [0.3, 0.4) is 0 Å². The quantitative estimate of drug-likeness (QED) is 0.525. The molecule has 0 fully saturated rings. The number of para-hydroxylation sites is 1. The van der Waals surface area contributed by atoms with Gasteiger partial charge in [-0.15, -0.1) is 0 Å². The summed E-state index contributed by atoms with van der Waals surface area (Å²) in [6.45, 7) is 1.05. The first kappa shape index (κ1) is 14.4. The number of rotatable bonds is 6. The third-order valence-corrected chi connectivity index (χ3v) is 3.62. The molecule has 0 saturated carbocycles. The Hall–Kier alpha value is -1.000. The van der Waals surface area contributed by atoms with Gasteiger partial charge in [0.2, 0.25) is 0 Å². The van der Waals surface area contributed by atoms with Gasteiger partial charge >= 0.3 is 0 Å². The molecule has 0 spiro atoms. The van der Waals surface area contributed by atoms with Crippen LogP contribution in [-0.4, -0.2) is 13.2 Å². The van der Waals surface area contributed by atoms with Gasteiger partial charge in [-0.1, -0.05) is 56.1 Å². The predicted molar refractivity (Wildman–Crippen MR) is 84.2 cm³/mol. The van der Waals surface area contributed by atoms with E-state index in [4.69, 9.17) is 9.47 Å². The maximum Gasteiger partial charge on any atom is 0.123 e. The fraction of sp³-hybridized carbons (Fsp3) is 0.200. The normalized spacial score (nSPS) is 10.2. The minimum atomic E-state index is 0.521. The lowest BCUT2D eigenvalue weighted by Crippen LogP contribution is -2.09. The molecule has 0 aliphatic carbocycles. The van der Waals surface area contributed by atoms with Crippen molar-refractivity contribution in [3.8, 4) is 11.5 Å². The molecule has 0 saturated heterocycles. The second-order valence-corrected chi connectivity index (χ2v) is 5.37. The van der Waals surface area contributed by atoms with Crippen molar-refractivity contribution in [1.29, 1.82) is 0 Å². The van der Waals surface area contributed by atoms with Gasteiger partial charge in [0, 0.05) is 15.4 Å². The Morgan fingerprint density at radius 1 is 0.895 bits per heavy atom. The van der Waals surface area contributed by atoms with Gasteiger partial charge < -0.3 is 9.47 Å². The second-order valence-electron chi connectivity index (χ2n) is 3.90. The van der Waals surface area contributed by atoms with E-state index in [1.54, 1.807) is 0 Å². The van der Waals surface area contributed by atoms with Crippen molar-refractivity contribution in [3.05, 3.63) is 58.6 Å². The Bertz CT molecular complexity index is 529. The van der Waals surface area contributed by atoms with E-state index in [1.165, 1.54) is 0 Å². The van der Waals surface area contributed by atoms with E-state index in [0.717, 1.165) is 26.9 Å². The van der Waals surface area contributed by atoms with Crippen molar-refractivity contribution >= 4 is 31.9 Å². The fourth-order valence-electron chi connectivity index (χ4n) is 1.62. The number of halogens is 2. The molecule has 2 aromatic rings. The molecule has 0 unspecified atom stereocenters. The van der Waals surface area contributed by atoms with Crippen LogP contribution in [0, 0.1) is 0 Å². The summed E-state index contributed by atoms with van der Waals surface area (Å²) in [6.07, 6.45) is 0. The van der Waals surface area contributed by atoms with Crippen LogP contribution in [0.4, 0.5) is 0 Å². The van der Waals surface area contributed by atoms with Crippen LogP contribution in [0.1, 0.15) is 5.56 Å². The number of hydrogen-bond donors (Lipinski definition) is 0. The van der Waals surface area contributed by atoms with Crippen LogP contribution in [0.25, 0.3) is 0 Å². The van der Waals surface area contributed by atoms with Gasteiger partial charge in [0.05, 0.1) is 0 Å². The number of benzene rings is 2. The molecule has 0 aliphatic heterocycles. The molecule has 0 radical (unpaired) electrons. The summed E-state index contributed by atoms with van der Waals surface area (Å²) in [5.41, 5.74) is 1.14. The van der Waals surface area contributed by atoms with Crippen LogP contribution in [0.5, 0.6) is 11.5 Å². The molecule has 0 amide bonds. The summed E-state index contributed by atoms with van der Waals surface area (Å²) in [7, 11) is 0. The summed E-state index contributed by atoms with van der Waals surface area (Å²) in [5, 5.41) is 0.787. The molecule has 0 atom stereocenters. The average Bonchev–Trinajstić information content (AvgIpc) is 2.44. The van der Waals surface area contributed by atoms with Crippen LogP contribution >= 0.6 is 31.9 Å². The lowest BCUT2D eigenvalue weighted by atomic mass is 10.2. The van der Waals surface area contributed by atoms with Gasteiger partial charge in [-0.2, -0.15) is 0 Å². The first-order valence-electron chi connectivity index (χ1n) is 5.94. The molecule has 4 heteroatoms. The van der Waals surface area contributed by atoms with Crippen LogP contribution in [0.15, 0.2) is 53.0 Å². The summed E-state index contributed by atoms with van der Waals surface area (Å²) >= 11 is 6.86. The lowest BCUT2D eigenvalue weighted by molar-refractivity contribution is 0.216. The second kappa shape index (κ2) is 7.56. The highest BCUT2D eigenvalue weighted by Crippen LogP contribution is 2.21. The maximum atomic E-state index is 5.71. The van der Waals surface area contributed by atoms with Crippen molar-refractivity contribution in [2.75, 3.05) is 13.2 Å². The van der Waals surface area contributed by atoms with Crippen molar-refractivity contribution < 1.29 is 9.47 Å². The molecular formula is C15H14Br2O2. The third-order valence-electron chi connectivity index (χ3n) is 2.52. The van der Waals surface area contributed by atoms with E-state index >= 15 is 0 Å². The van der Waals surface area contributed by atoms with Gasteiger partial charge in [-0.3, -0.25) is 0 Å². The molecule has 100 valence electrons. The molecule has 0 N–H and O–H groups in total. The largest absolute Gasteiger partial charge is 0.490 e. The highest BCUT2D eigenvalue weighted by atomic mass is 79.9. The van der Waals surface area contributed by atoms with Crippen LogP contribution in [-0.2, 0) is 5.33 Å². The van der Waals surface area contributed by atoms with Crippen molar-refractivity contribution in [2.24, 2.45) is 0 Å². The van der Waals surface area contributed by atoms with Crippen LogP contribution < -0.4 is 9.47 Å². The monoisotopic (exact) mass is 384 g/mol. The Morgan fingerprint density at radius 3 is 2.47 bits per heavy atom. The lowest BCUT2D eigenvalue weighted by Gasteiger charge is -2.11. The Morgan fingerprint density at radius 2 is 1.68 bits per heavy atom. The van der Waals surface area contributed by atoms with Gasteiger partial charge in [0.1, 0.15) is 24.7 Å². The van der Waals surface area contributed by atoms with E-state index in [-0.39, 0.29) is 0 Å². The van der Waals surface area contributed by atoms with E-state index in [2.05, 4.69) is 31.9 Å². The minimum Gasteiger partial charge on any atom is -0.490 e. The summed E-state index contributed by atoms with van der Waals surface area (Å²) in [5.74, 6) is 1.74. The Labute approximate surface area is 130 Å². The zero-order chi connectivity index (χ0) is 13.5. The highest BCUT2D eigenvalue weighted by molar-refractivity contribution is 9.10. The zero-order valence-corrected chi connectivity index (χ0v) is 13.5. The van der Waals surface area contributed by atoms with E-state index in [9.17, 15) is 0 Å². The number of ether oxygens (including phenoxy) is 2. The predicted octanol–water partition coefficient (Wildman–Crippen LogP) is 4.80. The van der Waals surface area contributed by atoms with Gasteiger partial charge in [0.15, 0.2) is 0 Å². The molecule has 0 aromatic heterocycles. The molecule has 19 heavy (non-hydrogen) atoms. The zero-order valence-electron chi connectivity index (χ0n) is 10.3. The number of hydrogen-bond acceptors (Lipinski definition) is 2. The molecule has 2 aromatic carbocycles. The smallest absolute Gasteiger partial charge is 0.123 e. The molecule has 0 heterocycles. The molecule has 2 rings (SSSR count). The first-order chi connectivity index (χ1) is 9.29. The first-order valence-corrected chi connectivity index (χ1v) is 7.86. The summed E-state index contributed by atoms with van der Waals surface area (Å²) < 4.78 is 12.3. The highest BCUT2D eigenvalue weighted by Gasteiger charge is 2.01. The van der Waals surface area contributed by atoms with E-state index in [1.807, 2.05) is 48.5 Å². The van der Waals surface area contributed by atoms with Gasteiger partial charge in [0.25, 0.3) is 0 Å². The maximum absolute atomic E-state index is 5.71. The van der Waals surface area contributed by atoms with Crippen molar-refractivity contribution in [2.45, 2.75) is 5.33 Å². The van der Waals surface area contributed by atoms with E-state index < -0.39 is 0 Å². The Balaban J connectivity index is 1.81. The topological polar surface area (TPSA) is 18.5 Å². The van der Waals surface area contributed by atoms with Gasteiger partial charge in [-0.05, 0) is 24.3 Å². The average molecular weight is 386 g/mol. The third kappa shape index (κ3) is 4.55. The Kier molecular flexibility index (Phi) is 5.73. The van der Waals surface area contributed by atoms with Crippen LogP contribution in [0.2, 0.25) is 0 Å². The molecule has 2 nitrogen and oxygen atoms in total. The van der Waals surface area contributed by atoms with Crippen molar-refractivity contribution in [1.82, 2.24) is 0 Å². The standard InChI is InChI=1S/C15H14Br2O2/c16-11-12-4-1-2-7-15(12)19-9-8-18-14-6-3-5-13(17)10-14/h1-7,10H,8-9,11H2. The fourth-order valence-corrected chi connectivity index (χ4v) is 2.46. The van der Waals surface area contributed by atoms with Crippen molar-refractivity contribution in [3.63, 3.8) is 0 Å².